The van der Waals surface area contributed by atoms with Crippen molar-refractivity contribution >= 4 is 11.8 Å². The average molecular weight is 324 g/mol. The number of ether oxygens (including phenoxy) is 1. The van der Waals surface area contributed by atoms with E-state index in [-0.39, 0.29) is 17.9 Å². The van der Waals surface area contributed by atoms with Gasteiger partial charge in [-0.25, -0.2) is 9.18 Å². The van der Waals surface area contributed by atoms with E-state index in [1.54, 1.807) is 11.0 Å². The Morgan fingerprint density at radius 3 is 2.74 bits per heavy atom. The van der Waals surface area contributed by atoms with Gasteiger partial charge in [0.25, 0.3) is 0 Å². The summed E-state index contributed by atoms with van der Waals surface area (Å²) in [5, 5.41) is 12.5. The van der Waals surface area contributed by atoms with Crippen LogP contribution in [-0.4, -0.2) is 40.8 Å². The first-order valence-electron chi connectivity index (χ1n) is 7.97. The molecule has 1 unspecified atom stereocenters. The lowest BCUT2D eigenvalue weighted by Gasteiger charge is -2.26. The lowest BCUT2D eigenvalue weighted by atomic mass is 10.1. The molecule has 5 nitrogen and oxygen atoms in total. The molecule has 1 fully saturated rings. The topological polar surface area (TPSA) is 61.8 Å². The van der Waals surface area contributed by atoms with Crippen LogP contribution in [0.5, 0.6) is 5.75 Å². The van der Waals surface area contributed by atoms with E-state index in [1.807, 2.05) is 20.8 Å². The molecule has 0 radical (unpaired) electrons. The summed E-state index contributed by atoms with van der Waals surface area (Å²) >= 11 is 0. The van der Waals surface area contributed by atoms with Gasteiger partial charge in [0.05, 0.1) is 0 Å². The molecule has 1 heterocycles. The number of carbonyl (C=O) groups is 1. The first-order valence-corrected chi connectivity index (χ1v) is 7.97. The number of phenols is 1. The summed E-state index contributed by atoms with van der Waals surface area (Å²) in [5.41, 5.74) is 0.140. The van der Waals surface area contributed by atoms with Gasteiger partial charge < -0.3 is 20.1 Å². The second-order valence-electron chi connectivity index (χ2n) is 6.91. The number of rotatable bonds is 2. The van der Waals surface area contributed by atoms with Crippen molar-refractivity contribution in [1.29, 1.82) is 0 Å². The Bertz CT molecular complexity index is 557. The number of halogens is 1. The SMILES string of the molecule is CC(C)(C)OC(=O)N1CCCC(Nc2ccc(O)c(F)c2)CC1. The van der Waals surface area contributed by atoms with Gasteiger partial charge in [-0.1, -0.05) is 0 Å². The third-order valence-corrected chi connectivity index (χ3v) is 3.70. The van der Waals surface area contributed by atoms with Gasteiger partial charge in [0.15, 0.2) is 11.6 Å². The van der Waals surface area contributed by atoms with Crippen molar-refractivity contribution < 1.29 is 19.0 Å². The van der Waals surface area contributed by atoms with E-state index >= 15 is 0 Å². The number of anilines is 1. The first-order chi connectivity index (χ1) is 10.7. The van der Waals surface area contributed by atoms with Crippen molar-refractivity contribution in [3.63, 3.8) is 0 Å². The molecule has 1 aromatic rings. The number of phenolic OH excluding ortho intramolecular Hbond substituents is 1. The fourth-order valence-corrected chi connectivity index (χ4v) is 2.58. The average Bonchev–Trinajstić information content (AvgIpc) is 2.67. The quantitative estimate of drug-likeness (QED) is 0.814. The molecule has 1 amide bonds. The summed E-state index contributed by atoms with van der Waals surface area (Å²) in [6.45, 7) is 6.83. The fraction of sp³-hybridized carbons (Fsp3) is 0.588. The second kappa shape index (κ2) is 7.06. The van der Waals surface area contributed by atoms with E-state index in [9.17, 15) is 14.3 Å². The molecular weight excluding hydrogens is 299 g/mol. The molecule has 0 aromatic heterocycles. The molecule has 1 aromatic carbocycles. The number of likely N-dealkylation sites (tertiary alicyclic amines) is 1. The smallest absolute Gasteiger partial charge is 0.410 e. The number of hydrogen-bond donors (Lipinski definition) is 2. The van der Waals surface area contributed by atoms with Gasteiger partial charge in [-0.2, -0.15) is 0 Å². The maximum Gasteiger partial charge on any atom is 0.410 e. The van der Waals surface area contributed by atoms with Crippen LogP contribution in [0, 0.1) is 5.82 Å². The van der Waals surface area contributed by atoms with Crippen LogP contribution >= 0.6 is 0 Å². The van der Waals surface area contributed by atoms with Crippen LogP contribution < -0.4 is 5.32 Å². The predicted molar refractivity (Wildman–Crippen MR) is 87.1 cm³/mol. The third kappa shape index (κ3) is 5.30. The van der Waals surface area contributed by atoms with Crippen LogP contribution in [0.4, 0.5) is 14.9 Å². The maximum atomic E-state index is 13.4. The van der Waals surface area contributed by atoms with Gasteiger partial charge in [0, 0.05) is 30.9 Å². The Hall–Kier alpha value is -1.98. The summed E-state index contributed by atoms with van der Waals surface area (Å²) in [4.78, 5) is 13.8. The van der Waals surface area contributed by atoms with Crippen LogP contribution in [0.15, 0.2) is 18.2 Å². The molecule has 2 rings (SSSR count). The molecule has 2 N–H and O–H groups in total. The number of hydrogen-bond acceptors (Lipinski definition) is 4. The van der Waals surface area contributed by atoms with E-state index in [1.165, 1.54) is 12.1 Å². The predicted octanol–water partition coefficient (Wildman–Crippen LogP) is 3.73. The van der Waals surface area contributed by atoms with Crippen molar-refractivity contribution in [1.82, 2.24) is 4.90 Å². The molecule has 0 bridgehead atoms. The van der Waals surface area contributed by atoms with Gasteiger partial charge in [-0.15, -0.1) is 0 Å². The molecule has 1 aliphatic rings. The number of aromatic hydroxyl groups is 1. The van der Waals surface area contributed by atoms with E-state index in [2.05, 4.69) is 5.32 Å². The maximum absolute atomic E-state index is 13.4. The number of amides is 1. The van der Waals surface area contributed by atoms with Crippen molar-refractivity contribution in [2.45, 2.75) is 51.7 Å². The number of nitrogens with one attached hydrogen (secondary N) is 1. The van der Waals surface area contributed by atoms with E-state index in [0.29, 0.717) is 18.8 Å². The third-order valence-electron chi connectivity index (χ3n) is 3.70. The number of nitrogens with zero attached hydrogens (tertiary/aromatic N) is 1. The molecule has 0 spiro atoms. The Balaban J connectivity index is 1.90. The first kappa shape index (κ1) is 17.4. The van der Waals surface area contributed by atoms with Crippen LogP contribution in [0.3, 0.4) is 0 Å². The van der Waals surface area contributed by atoms with E-state index < -0.39 is 11.4 Å². The Kier molecular flexibility index (Phi) is 5.34. The minimum absolute atomic E-state index is 0.159. The zero-order valence-electron chi connectivity index (χ0n) is 13.9. The summed E-state index contributed by atoms with van der Waals surface area (Å²) in [6.07, 6.45) is 2.23. The molecule has 23 heavy (non-hydrogen) atoms. The van der Waals surface area contributed by atoms with Crippen LogP contribution in [0.1, 0.15) is 40.0 Å². The lowest BCUT2D eigenvalue weighted by Crippen LogP contribution is -2.37. The summed E-state index contributed by atoms with van der Waals surface area (Å²) in [5.74, 6) is -0.994. The minimum Gasteiger partial charge on any atom is -0.505 e. The summed E-state index contributed by atoms with van der Waals surface area (Å²) in [7, 11) is 0. The van der Waals surface area contributed by atoms with Crippen molar-refractivity contribution in [2.24, 2.45) is 0 Å². The molecule has 1 aliphatic heterocycles. The molecule has 6 heteroatoms. The largest absolute Gasteiger partial charge is 0.505 e. The van der Waals surface area contributed by atoms with E-state index in [0.717, 1.165) is 19.3 Å². The van der Waals surface area contributed by atoms with Crippen molar-refractivity contribution in [3.8, 4) is 5.75 Å². The lowest BCUT2D eigenvalue weighted by molar-refractivity contribution is 0.0256. The number of benzene rings is 1. The summed E-state index contributed by atoms with van der Waals surface area (Å²) in [6, 6.07) is 4.42. The van der Waals surface area contributed by atoms with Crippen LogP contribution in [0.2, 0.25) is 0 Å². The fourth-order valence-electron chi connectivity index (χ4n) is 2.58. The molecule has 1 atom stereocenters. The molecule has 1 saturated heterocycles. The van der Waals surface area contributed by atoms with Crippen molar-refractivity contribution in [2.75, 3.05) is 18.4 Å². The monoisotopic (exact) mass is 324 g/mol. The summed E-state index contributed by atoms with van der Waals surface area (Å²) < 4.78 is 18.8. The highest BCUT2D eigenvalue weighted by molar-refractivity contribution is 5.68. The van der Waals surface area contributed by atoms with Gasteiger partial charge in [0.2, 0.25) is 0 Å². The van der Waals surface area contributed by atoms with Gasteiger partial charge >= 0.3 is 6.09 Å². The van der Waals surface area contributed by atoms with Gasteiger partial charge in [0.1, 0.15) is 5.60 Å². The highest BCUT2D eigenvalue weighted by atomic mass is 19.1. The van der Waals surface area contributed by atoms with E-state index in [4.69, 9.17) is 4.74 Å². The molecule has 0 aliphatic carbocycles. The highest BCUT2D eigenvalue weighted by Gasteiger charge is 2.25. The number of carbonyl (C=O) groups excluding carboxylic acids is 1. The van der Waals surface area contributed by atoms with Crippen molar-refractivity contribution in [3.05, 3.63) is 24.0 Å². The normalized spacial score (nSPS) is 19.1. The Labute approximate surface area is 136 Å². The molecule has 128 valence electrons. The van der Waals surface area contributed by atoms with Gasteiger partial charge in [-0.05, 0) is 52.2 Å². The van der Waals surface area contributed by atoms with Gasteiger partial charge in [-0.3, -0.25) is 0 Å². The second-order valence-corrected chi connectivity index (χ2v) is 6.91. The molecule has 0 saturated carbocycles. The van der Waals surface area contributed by atoms with Crippen LogP contribution in [-0.2, 0) is 4.74 Å². The Morgan fingerprint density at radius 2 is 2.09 bits per heavy atom. The zero-order chi connectivity index (χ0) is 17.0. The highest BCUT2D eigenvalue weighted by Crippen LogP contribution is 2.23. The van der Waals surface area contributed by atoms with Crippen LogP contribution in [0.25, 0.3) is 0 Å². The molecular formula is C17H25FN2O3. The standard InChI is InChI=1S/C17H25FN2O3/c1-17(2,3)23-16(22)20-9-4-5-12(8-10-20)19-13-6-7-15(21)14(18)11-13/h6-7,11-12,19,21H,4-5,8-10H2,1-3H3. The zero-order valence-corrected chi connectivity index (χ0v) is 13.9. The minimum atomic E-state index is -0.640. The Morgan fingerprint density at radius 1 is 1.35 bits per heavy atom.